The summed E-state index contributed by atoms with van der Waals surface area (Å²) in [5.74, 6) is 2.50. The summed E-state index contributed by atoms with van der Waals surface area (Å²) in [4.78, 5) is 12.0. The molecule has 0 bridgehead atoms. The summed E-state index contributed by atoms with van der Waals surface area (Å²) in [6.45, 7) is 2.96. The van der Waals surface area contributed by atoms with E-state index in [0.717, 1.165) is 48.8 Å². The third-order valence-electron chi connectivity index (χ3n) is 6.20. The van der Waals surface area contributed by atoms with Crippen LogP contribution in [0.5, 0.6) is 17.2 Å². The number of imidazole rings is 1. The highest BCUT2D eigenvalue weighted by atomic mass is 16.5. The minimum absolute atomic E-state index is 0.298. The first-order valence-electron chi connectivity index (χ1n) is 11.4. The average molecular weight is 460 g/mol. The van der Waals surface area contributed by atoms with E-state index in [-0.39, 0.29) is 0 Å². The molecule has 5 rings (SSSR count). The fraction of sp³-hybridized carbons (Fsp3) is 0.308. The summed E-state index contributed by atoms with van der Waals surface area (Å²) < 4.78 is 18.5. The van der Waals surface area contributed by atoms with Crippen LogP contribution in [-0.2, 0) is 6.54 Å². The number of rotatable bonds is 8. The Morgan fingerprint density at radius 1 is 1.03 bits per heavy atom. The molecule has 0 spiro atoms. The monoisotopic (exact) mass is 459 g/mol. The van der Waals surface area contributed by atoms with Gasteiger partial charge >= 0.3 is 0 Å². The molecule has 1 aliphatic rings. The lowest BCUT2D eigenvalue weighted by Gasteiger charge is -2.18. The van der Waals surface area contributed by atoms with E-state index in [1.807, 2.05) is 28.9 Å². The van der Waals surface area contributed by atoms with Crippen molar-refractivity contribution in [2.24, 2.45) is 0 Å². The summed E-state index contributed by atoms with van der Waals surface area (Å²) in [6, 6.07) is 14.7. The van der Waals surface area contributed by atoms with Crippen molar-refractivity contribution in [3.05, 3.63) is 66.6 Å². The molecule has 2 aromatic carbocycles. The van der Waals surface area contributed by atoms with E-state index in [4.69, 9.17) is 19.2 Å². The number of methoxy groups -OCH3 is 3. The van der Waals surface area contributed by atoms with Crippen LogP contribution in [0.2, 0.25) is 0 Å². The molecular weight excluding hydrogens is 430 g/mol. The van der Waals surface area contributed by atoms with Gasteiger partial charge in [-0.2, -0.15) is 0 Å². The first-order valence-corrected chi connectivity index (χ1v) is 11.4. The standard InChI is InChI=1S/C26H29N5O3/c1-32-22-13-19(14-23(33-2)24(22)34-3)21-17-31-12-10-27-26(31)25(29-21)28-20-9-11-30(16-20)15-18-7-5-4-6-8-18/h4-8,10,12-14,17,20H,9,11,15-16H2,1-3H3,(H,28,29). The van der Waals surface area contributed by atoms with Gasteiger partial charge in [-0.1, -0.05) is 30.3 Å². The number of nitrogens with zero attached hydrogens (tertiary/aromatic N) is 4. The maximum atomic E-state index is 5.54. The molecule has 3 heterocycles. The number of likely N-dealkylation sites (tertiary alicyclic amines) is 1. The summed E-state index contributed by atoms with van der Waals surface area (Å²) >= 11 is 0. The zero-order chi connectivity index (χ0) is 23.5. The second-order valence-corrected chi connectivity index (χ2v) is 8.40. The smallest absolute Gasteiger partial charge is 0.203 e. The molecular formula is C26H29N5O3. The third-order valence-corrected chi connectivity index (χ3v) is 6.20. The van der Waals surface area contributed by atoms with Crippen molar-refractivity contribution in [2.75, 3.05) is 39.7 Å². The molecule has 1 aliphatic heterocycles. The molecule has 8 nitrogen and oxygen atoms in total. The molecule has 176 valence electrons. The van der Waals surface area contributed by atoms with Crippen molar-refractivity contribution in [1.82, 2.24) is 19.3 Å². The van der Waals surface area contributed by atoms with E-state index in [1.165, 1.54) is 5.56 Å². The van der Waals surface area contributed by atoms with Crippen LogP contribution in [0, 0.1) is 0 Å². The topological polar surface area (TPSA) is 73.2 Å². The van der Waals surface area contributed by atoms with Crippen molar-refractivity contribution in [2.45, 2.75) is 19.0 Å². The molecule has 1 N–H and O–H groups in total. The second-order valence-electron chi connectivity index (χ2n) is 8.40. The quantitative estimate of drug-likeness (QED) is 0.425. The Kier molecular flexibility index (Phi) is 6.22. The summed E-state index contributed by atoms with van der Waals surface area (Å²) in [6.07, 6.45) is 6.73. The van der Waals surface area contributed by atoms with Crippen molar-refractivity contribution in [3.63, 3.8) is 0 Å². The van der Waals surface area contributed by atoms with E-state index >= 15 is 0 Å². The molecule has 0 saturated carbocycles. The Hall–Kier alpha value is -3.78. The van der Waals surface area contributed by atoms with Gasteiger partial charge in [-0.15, -0.1) is 0 Å². The minimum atomic E-state index is 0.298. The fourth-order valence-electron chi connectivity index (χ4n) is 4.53. The summed E-state index contributed by atoms with van der Waals surface area (Å²) in [7, 11) is 4.82. The number of hydrogen-bond acceptors (Lipinski definition) is 7. The van der Waals surface area contributed by atoms with Crippen LogP contribution in [-0.4, -0.2) is 59.7 Å². The fourth-order valence-corrected chi connectivity index (χ4v) is 4.53. The molecule has 0 radical (unpaired) electrons. The molecule has 1 atom stereocenters. The number of fused-ring (bicyclic) bond motifs is 1. The molecule has 2 aromatic heterocycles. The molecule has 1 unspecified atom stereocenters. The van der Waals surface area contributed by atoms with E-state index in [0.29, 0.717) is 23.3 Å². The first kappa shape index (κ1) is 22.0. The van der Waals surface area contributed by atoms with E-state index in [2.05, 4.69) is 45.5 Å². The maximum Gasteiger partial charge on any atom is 0.203 e. The van der Waals surface area contributed by atoms with Crippen LogP contribution in [0.3, 0.4) is 0 Å². The van der Waals surface area contributed by atoms with E-state index in [1.54, 1.807) is 27.5 Å². The van der Waals surface area contributed by atoms with Crippen LogP contribution in [0.4, 0.5) is 5.82 Å². The maximum absolute atomic E-state index is 5.54. The van der Waals surface area contributed by atoms with Crippen LogP contribution in [0.15, 0.2) is 61.1 Å². The molecule has 34 heavy (non-hydrogen) atoms. The third kappa shape index (κ3) is 4.36. The normalized spacial score (nSPS) is 16.0. The van der Waals surface area contributed by atoms with Gasteiger partial charge in [0.1, 0.15) is 0 Å². The van der Waals surface area contributed by atoms with E-state index < -0.39 is 0 Å². The van der Waals surface area contributed by atoms with Crippen molar-refractivity contribution < 1.29 is 14.2 Å². The van der Waals surface area contributed by atoms with Gasteiger partial charge in [0.25, 0.3) is 0 Å². The summed E-state index contributed by atoms with van der Waals surface area (Å²) in [5.41, 5.74) is 3.79. The van der Waals surface area contributed by atoms with Gasteiger partial charge in [0.05, 0.1) is 27.0 Å². The molecule has 0 amide bonds. The van der Waals surface area contributed by atoms with Crippen LogP contribution < -0.4 is 19.5 Å². The highest BCUT2D eigenvalue weighted by Crippen LogP contribution is 2.41. The Bertz CT molecular complexity index is 1250. The Morgan fingerprint density at radius 2 is 1.79 bits per heavy atom. The van der Waals surface area contributed by atoms with Crippen LogP contribution in [0.25, 0.3) is 16.9 Å². The zero-order valence-corrected chi connectivity index (χ0v) is 19.7. The van der Waals surface area contributed by atoms with Crippen molar-refractivity contribution >= 4 is 11.5 Å². The van der Waals surface area contributed by atoms with Gasteiger partial charge in [0.2, 0.25) is 5.75 Å². The number of ether oxygens (including phenoxy) is 3. The number of nitrogens with one attached hydrogen (secondary N) is 1. The summed E-state index contributed by atoms with van der Waals surface area (Å²) in [5, 5.41) is 3.65. The SMILES string of the molecule is COc1cc(-c2cn3ccnc3c(NC3CCN(Cc4ccccc4)C3)n2)cc(OC)c1OC. The zero-order valence-electron chi connectivity index (χ0n) is 19.7. The van der Waals surface area contributed by atoms with Gasteiger partial charge < -0.3 is 23.9 Å². The number of benzene rings is 2. The minimum Gasteiger partial charge on any atom is -0.493 e. The lowest BCUT2D eigenvalue weighted by atomic mass is 10.1. The molecule has 8 heteroatoms. The number of anilines is 1. The van der Waals surface area contributed by atoms with Crippen molar-refractivity contribution in [1.29, 1.82) is 0 Å². The van der Waals surface area contributed by atoms with Crippen molar-refractivity contribution in [3.8, 4) is 28.5 Å². The number of hydrogen-bond donors (Lipinski definition) is 1. The lowest BCUT2D eigenvalue weighted by Crippen LogP contribution is -2.26. The predicted octanol–water partition coefficient (Wildman–Crippen LogP) is 4.11. The van der Waals surface area contributed by atoms with Gasteiger partial charge in [-0.25, -0.2) is 9.97 Å². The van der Waals surface area contributed by atoms with Gasteiger partial charge in [-0.05, 0) is 24.1 Å². The largest absolute Gasteiger partial charge is 0.493 e. The second kappa shape index (κ2) is 9.61. The highest BCUT2D eigenvalue weighted by molar-refractivity contribution is 5.73. The molecule has 4 aromatic rings. The molecule has 0 aliphatic carbocycles. The van der Waals surface area contributed by atoms with E-state index in [9.17, 15) is 0 Å². The van der Waals surface area contributed by atoms with Gasteiger partial charge in [0.15, 0.2) is 23.0 Å². The molecule has 1 saturated heterocycles. The Morgan fingerprint density at radius 3 is 2.50 bits per heavy atom. The Labute approximate surface area is 199 Å². The Balaban J connectivity index is 1.42. The van der Waals surface area contributed by atoms with Crippen LogP contribution >= 0.6 is 0 Å². The lowest BCUT2D eigenvalue weighted by molar-refractivity contribution is 0.324. The molecule has 1 fully saturated rings. The van der Waals surface area contributed by atoms with Gasteiger partial charge in [0, 0.05) is 49.8 Å². The first-order chi connectivity index (χ1) is 16.7. The highest BCUT2D eigenvalue weighted by Gasteiger charge is 2.24. The average Bonchev–Trinajstić information content (AvgIpc) is 3.53. The van der Waals surface area contributed by atoms with Crippen LogP contribution in [0.1, 0.15) is 12.0 Å². The number of aromatic nitrogens is 3. The van der Waals surface area contributed by atoms with Gasteiger partial charge in [-0.3, -0.25) is 4.90 Å². The predicted molar refractivity (Wildman–Crippen MR) is 132 cm³/mol.